The molecule has 3 aromatic rings. The Bertz CT molecular complexity index is 1240. The first-order chi connectivity index (χ1) is 16.0. The predicted octanol–water partition coefficient (Wildman–Crippen LogP) is 6.26. The Morgan fingerprint density at radius 3 is 2.64 bits per heavy atom. The Balaban J connectivity index is 1.55. The van der Waals surface area contributed by atoms with Gasteiger partial charge in [-0.25, -0.2) is 4.79 Å². The second kappa shape index (κ2) is 10.2. The molecule has 1 saturated heterocycles. The number of rotatable bonds is 7. The summed E-state index contributed by atoms with van der Waals surface area (Å²) in [6, 6.07) is 15.5. The van der Waals surface area contributed by atoms with Crippen LogP contribution in [0.1, 0.15) is 27.7 Å². The van der Waals surface area contributed by atoms with Crippen molar-refractivity contribution in [3.63, 3.8) is 0 Å². The molecule has 168 valence electrons. The molecule has 33 heavy (non-hydrogen) atoms. The van der Waals surface area contributed by atoms with Crippen molar-refractivity contribution in [2.24, 2.45) is 0 Å². The Kier molecular flexibility index (Phi) is 7.17. The fourth-order valence-electron chi connectivity index (χ4n) is 3.10. The minimum Gasteiger partial charge on any atom is -0.490 e. The van der Waals surface area contributed by atoms with Crippen molar-refractivity contribution < 1.29 is 23.9 Å². The molecule has 1 aliphatic heterocycles. The maximum atomic E-state index is 12.9. The average molecular weight is 500 g/mol. The molecule has 0 N–H and O–H groups in total. The van der Waals surface area contributed by atoms with Crippen molar-refractivity contribution in [1.29, 1.82) is 0 Å². The first kappa shape index (κ1) is 23.1. The van der Waals surface area contributed by atoms with Crippen molar-refractivity contribution in [2.45, 2.75) is 13.5 Å². The molecule has 0 saturated carbocycles. The summed E-state index contributed by atoms with van der Waals surface area (Å²) < 4.78 is 11.1. The summed E-state index contributed by atoms with van der Waals surface area (Å²) in [5.74, 6) is -0.221. The Morgan fingerprint density at radius 1 is 1.09 bits per heavy atom. The number of ether oxygens (including phenoxy) is 2. The molecule has 0 aliphatic carbocycles. The van der Waals surface area contributed by atoms with Crippen LogP contribution in [-0.4, -0.2) is 28.6 Å². The summed E-state index contributed by atoms with van der Waals surface area (Å²) in [6.45, 7) is 2.28. The quantitative estimate of drug-likeness (QED) is 0.217. The first-order valence-corrected chi connectivity index (χ1v) is 12.0. The summed E-state index contributed by atoms with van der Waals surface area (Å²) in [5.41, 5.74) is 1.33. The molecule has 1 fully saturated rings. The average Bonchev–Trinajstić information content (AvgIpc) is 3.42. The van der Waals surface area contributed by atoms with Crippen LogP contribution in [0.5, 0.6) is 11.5 Å². The highest BCUT2D eigenvalue weighted by atomic mass is 35.5. The number of thioether (sulfide) groups is 1. The second-order valence-electron chi connectivity index (χ2n) is 6.87. The van der Waals surface area contributed by atoms with Gasteiger partial charge in [0.1, 0.15) is 4.88 Å². The van der Waals surface area contributed by atoms with Gasteiger partial charge in [-0.1, -0.05) is 41.9 Å². The van der Waals surface area contributed by atoms with Gasteiger partial charge in [-0.05, 0) is 65.5 Å². The van der Waals surface area contributed by atoms with Gasteiger partial charge in [0.2, 0.25) is 0 Å². The smallest absolute Gasteiger partial charge is 0.353 e. The van der Waals surface area contributed by atoms with Crippen molar-refractivity contribution in [3.05, 3.63) is 85.9 Å². The molecule has 0 bridgehead atoms. The molecular weight excluding hydrogens is 482 g/mol. The van der Waals surface area contributed by atoms with Gasteiger partial charge in [0, 0.05) is 5.02 Å². The van der Waals surface area contributed by atoms with Gasteiger partial charge in [-0.15, -0.1) is 11.3 Å². The van der Waals surface area contributed by atoms with Gasteiger partial charge < -0.3 is 9.47 Å². The normalized spacial score (nSPS) is 14.7. The molecule has 0 spiro atoms. The maximum Gasteiger partial charge on any atom is 0.353 e. The predicted molar refractivity (Wildman–Crippen MR) is 130 cm³/mol. The standard InChI is InChI=1S/C24H18ClNO5S2/c1-2-30-19-12-15(9-10-18(19)31-23(28)20-8-5-11-32-20)13-21-22(27)26(24(29)33-21)14-16-6-3-4-7-17(16)25/h3-13H,2,14H2,1H3/b21-13-. The molecule has 2 aromatic carbocycles. The minimum absolute atomic E-state index is 0.101. The zero-order valence-electron chi connectivity index (χ0n) is 17.4. The van der Waals surface area contributed by atoms with E-state index < -0.39 is 11.9 Å². The van der Waals surface area contributed by atoms with E-state index in [0.717, 1.165) is 11.8 Å². The number of carbonyl (C=O) groups excluding carboxylic acids is 3. The van der Waals surface area contributed by atoms with Crippen LogP contribution >= 0.6 is 34.7 Å². The molecule has 2 heterocycles. The third-order valence-corrected chi connectivity index (χ3v) is 6.78. The lowest BCUT2D eigenvalue weighted by atomic mass is 10.1. The summed E-state index contributed by atoms with van der Waals surface area (Å²) in [6.07, 6.45) is 1.62. The van der Waals surface area contributed by atoms with Crippen LogP contribution in [0.2, 0.25) is 5.02 Å². The van der Waals surface area contributed by atoms with Crippen LogP contribution in [0.4, 0.5) is 4.79 Å². The summed E-state index contributed by atoms with van der Waals surface area (Å²) in [4.78, 5) is 39.6. The van der Waals surface area contributed by atoms with Crippen LogP contribution in [0.15, 0.2) is 64.9 Å². The number of carbonyl (C=O) groups is 3. The van der Waals surface area contributed by atoms with Crippen molar-refractivity contribution in [2.75, 3.05) is 6.61 Å². The van der Waals surface area contributed by atoms with Crippen LogP contribution in [-0.2, 0) is 11.3 Å². The Morgan fingerprint density at radius 2 is 1.91 bits per heavy atom. The fraction of sp³-hybridized carbons (Fsp3) is 0.125. The molecule has 4 rings (SSSR count). The van der Waals surface area contributed by atoms with Crippen molar-refractivity contribution >= 4 is 57.9 Å². The van der Waals surface area contributed by atoms with Crippen LogP contribution in [0.3, 0.4) is 0 Å². The highest BCUT2D eigenvalue weighted by molar-refractivity contribution is 8.18. The Hall–Kier alpha value is -3.07. The van der Waals surface area contributed by atoms with Crippen LogP contribution in [0.25, 0.3) is 6.08 Å². The van der Waals surface area contributed by atoms with Gasteiger partial charge in [-0.2, -0.15) is 0 Å². The van der Waals surface area contributed by atoms with E-state index in [2.05, 4.69) is 0 Å². The molecule has 0 atom stereocenters. The van der Waals surface area contributed by atoms with Crippen LogP contribution < -0.4 is 9.47 Å². The molecule has 2 amide bonds. The van der Waals surface area contributed by atoms with E-state index in [1.165, 1.54) is 16.2 Å². The van der Waals surface area contributed by atoms with Crippen LogP contribution in [0, 0.1) is 0 Å². The van der Waals surface area contributed by atoms with Crippen molar-refractivity contribution in [3.8, 4) is 11.5 Å². The summed E-state index contributed by atoms with van der Waals surface area (Å²) >= 11 is 8.33. The maximum absolute atomic E-state index is 12.9. The lowest BCUT2D eigenvalue weighted by molar-refractivity contribution is -0.123. The number of thiophene rings is 1. The third kappa shape index (κ3) is 5.30. The molecule has 0 unspecified atom stereocenters. The molecule has 1 aromatic heterocycles. The number of halogens is 1. The highest BCUT2D eigenvalue weighted by Crippen LogP contribution is 2.36. The highest BCUT2D eigenvalue weighted by Gasteiger charge is 2.35. The van der Waals surface area contributed by atoms with Gasteiger partial charge in [-0.3, -0.25) is 14.5 Å². The number of nitrogens with zero attached hydrogens (tertiary/aromatic N) is 1. The topological polar surface area (TPSA) is 72.9 Å². The monoisotopic (exact) mass is 499 g/mol. The van der Waals surface area contributed by atoms with E-state index in [1.807, 2.05) is 6.92 Å². The number of benzene rings is 2. The summed E-state index contributed by atoms with van der Waals surface area (Å²) in [5, 5.41) is 1.93. The molecule has 6 nitrogen and oxygen atoms in total. The Labute approximate surface area is 203 Å². The number of hydrogen-bond acceptors (Lipinski definition) is 7. The summed E-state index contributed by atoms with van der Waals surface area (Å²) in [7, 11) is 0. The van der Waals surface area contributed by atoms with E-state index in [4.69, 9.17) is 21.1 Å². The first-order valence-electron chi connectivity index (χ1n) is 9.97. The van der Waals surface area contributed by atoms with E-state index in [-0.39, 0.29) is 22.4 Å². The van der Waals surface area contributed by atoms with E-state index >= 15 is 0 Å². The molecule has 0 radical (unpaired) electrons. The van der Waals surface area contributed by atoms with Gasteiger partial charge in [0.25, 0.3) is 11.1 Å². The molecular formula is C24H18ClNO5S2. The van der Waals surface area contributed by atoms with E-state index in [9.17, 15) is 14.4 Å². The molecule has 9 heteroatoms. The van der Waals surface area contributed by atoms with Gasteiger partial charge in [0.15, 0.2) is 11.5 Å². The van der Waals surface area contributed by atoms with Gasteiger partial charge in [0.05, 0.1) is 18.1 Å². The minimum atomic E-state index is -0.473. The molecule has 1 aliphatic rings. The SMILES string of the molecule is CCOc1cc(/C=C2\SC(=O)N(Cc3ccccc3Cl)C2=O)ccc1OC(=O)c1cccs1. The number of hydrogen-bond donors (Lipinski definition) is 0. The lowest BCUT2D eigenvalue weighted by Gasteiger charge is -2.13. The van der Waals surface area contributed by atoms with E-state index in [1.54, 1.807) is 66.1 Å². The van der Waals surface area contributed by atoms with E-state index in [0.29, 0.717) is 33.4 Å². The third-order valence-electron chi connectivity index (χ3n) is 4.65. The zero-order chi connectivity index (χ0) is 23.4. The van der Waals surface area contributed by atoms with Gasteiger partial charge >= 0.3 is 5.97 Å². The lowest BCUT2D eigenvalue weighted by Crippen LogP contribution is -2.27. The number of amides is 2. The second-order valence-corrected chi connectivity index (χ2v) is 9.21. The van der Waals surface area contributed by atoms with Crippen molar-refractivity contribution in [1.82, 2.24) is 4.90 Å². The number of esters is 1. The largest absolute Gasteiger partial charge is 0.490 e. The zero-order valence-corrected chi connectivity index (χ0v) is 19.8. The number of imide groups is 1. The fourth-order valence-corrected chi connectivity index (χ4v) is 4.73.